The van der Waals surface area contributed by atoms with Crippen LogP contribution in [0.2, 0.25) is 5.02 Å². The highest BCUT2D eigenvalue weighted by atomic mass is 35.5. The Morgan fingerprint density at radius 1 is 1.28 bits per heavy atom. The third-order valence-electron chi connectivity index (χ3n) is 4.02. The van der Waals surface area contributed by atoms with Crippen LogP contribution in [0.1, 0.15) is 23.2 Å². The van der Waals surface area contributed by atoms with Gasteiger partial charge in [0.1, 0.15) is 12.4 Å². The molecule has 0 radical (unpaired) electrons. The van der Waals surface area contributed by atoms with Crippen molar-refractivity contribution >= 4 is 23.2 Å². The van der Waals surface area contributed by atoms with E-state index in [2.05, 4.69) is 15.0 Å². The lowest BCUT2D eigenvalue weighted by atomic mass is 10.2. The van der Waals surface area contributed by atoms with E-state index >= 15 is 0 Å². The monoisotopic (exact) mass is 430 g/mol. The smallest absolute Gasteiger partial charge is 0.422 e. The molecule has 156 valence electrons. The lowest BCUT2D eigenvalue weighted by Gasteiger charge is -2.15. The van der Waals surface area contributed by atoms with Gasteiger partial charge < -0.3 is 19.5 Å². The highest BCUT2D eigenvalue weighted by Gasteiger charge is 2.28. The predicted molar refractivity (Wildman–Crippen MR) is 99.7 cm³/mol. The van der Waals surface area contributed by atoms with Crippen molar-refractivity contribution in [1.82, 2.24) is 4.98 Å². The molecule has 2 aromatic rings. The molecule has 1 amide bonds. The van der Waals surface area contributed by atoms with Gasteiger partial charge in [0.15, 0.2) is 6.61 Å². The van der Waals surface area contributed by atoms with Crippen LogP contribution in [-0.2, 0) is 4.74 Å². The molecule has 0 saturated carbocycles. The summed E-state index contributed by atoms with van der Waals surface area (Å²) in [6, 6.07) is 7.31. The van der Waals surface area contributed by atoms with Crippen molar-refractivity contribution in [3.63, 3.8) is 0 Å². The Kier molecular flexibility index (Phi) is 6.81. The first-order valence-corrected chi connectivity index (χ1v) is 9.19. The van der Waals surface area contributed by atoms with Gasteiger partial charge >= 0.3 is 6.18 Å². The van der Waals surface area contributed by atoms with Crippen LogP contribution in [-0.4, -0.2) is 43.0 Å². The quantitative estimate of drug-likeness (QED) is 0.701. The van der Waals surface area contributed by atoms with Gasteiger partial charge in [-0.15, -0.1) is 0 Å². The van der Waals surface area contributed by atoms with Gasteiger partial charge in [0.2, 0.25) is 5.88 Å². The fraction of sp³-hybridized carbons (Fsp3) is 0.368. The molecular weight excluding hydrogens is 413 g/mol. The molecule has 1 atom stereocenters. The molecule has 6 nitrogen and oxygen atoms in total. The van der Waals surface area contributed by atoms with Crippen LogP contribution in [0.3, 0.4) is 0 Å². The van der Waals surface area contributed by atoms with Gasteiger partial charge in [-0.25, -0.2) is 4.98 Å². The number of ether oxygens (including phenoxy) is 3. The fourth-order valence-electron chi connectivity index (χ4n) is 2.63. The minimum atomic E-state index is -4.47. The molecule has 1 aromatic heterocycles. The summed E-state index contributed by atoms with van der Waals surface area (Å²) in [4.78, 5) is 16.2. The van der Waals surface area contributed by atoms with Crippen molar-refractivity contribution in [3.8, 4) is 11.6 Å². The zero-order valence-electron chi connectivity index (χ0n) is 15.2. The van der Waals surface area contributed by atoms with E-state index in [0.717, 1.165) is 19.0 Å². The zero-order valence-corrected chi connectivity index (χ0v) is 15.9. The largest absolute Gasteiger partial charge is 0.489 e. The van der Waals surface area contributed by atoms with Crippen molar-refractivity contribution in [1.29, 1.82) is 0 Å². The second kappa shape index (κ2) is 9.32. The molecule has 2 heterocycles. The molecule has 0 aliphatic carbocycles. The summed E-state index contributed by atoms with van der Waals surface area (Å²) in [5, 5.41) is 3.07. The van der Waals surface area contributed by atoms with E-state index in [1.807, 2.05) is 0 Å². The zero-order chi connectivity index (χ0) is 20.9. The Hall–Kier alpha value is -2.52. The molecule has 0 spiro atoms. The number of rotatable bonds is 7. The minimum absolute atomic E-state index is 0.00247. The first-order valence-electron chi connectivity index (χ1n) is 8.81. The number of halogens is 4. The first-order chi connectivity index (χ1) is 13.8. The molecule has 1 aliphatic rings. The van der Waals surface area contributed by atoms with Crippen molar-refractivity contribution in [2.45, 2.75) is 25.1 Å². The molecule has 1 fully saturated rings. The predicted octanol–water partition coefficient (Wildman–Crippen LogP) is 4.49. The normalized spacial score (nSPS) is 16.5. The fourth-order valence-corrected chi connectivity index (χ4v) is 2.81. The maximum absolute atomic E-state index is 12.5. The Morgan fingerprint density at radius 3 is 2.76 bits per heavy atom. The maximum Gasteiger partial charge on any atom is 0.422 e. The molecule has 1 aliphatic heterocycles. The summed E-state index contributed by atoms with van der Waals surface area (Å²) < 4.78 is 52.3. The number of carbonyl (C=O) groups is 1. The third kappa shape index (κ3) is 6.50. The Bertz CT molecular complexity index is 840. The second-order valence-corrected chi connectivity index (χ2v) is 6.77. The van der Waals surface area contributed by atoms with Gasteiger partial charge in [-0.1, -0.05) is 11.6 Å². The Morgan fingerprint density at radius 2 is 2.10 bits per heavy atom. The van der Waals surface area contributed by atoms with Crippen LogP contribution < -0.4 is 14.8 Å². The van der Waals surface area contributed by atoms with Crippen molar-refractivity contribution in [3.05, 3.63) is 47.1 Å². The molecule has 10 heteroatoms. The number of nitrogens with one attached hydrogen (secondary N) is 1. The van der Waals surface area contributed by atoms with Crippen LogP contribution in [0.5, 0.6) is 11.6 Å². The summed E-state index contributed by atoms with van der Waals surface area (Å²) in [5.74, 6) is -0.331. The number of hydrogen-bond acceptors (Lipinski definition) is 5. The van der Waals surface area contributed by atoms with Crippen LogP contribution in [0.4, 0.5) is 18.9 Å². The lowest BCUT2D eigenvalue weighted by Crippen LogP contribution is -2.20. The Balaban J connectivity index is 1.64. The summed E-state index contributed by atoms with van der Waals surface area (Å²) in [6.45, 7) is -0.412. The van der Waals surface area contributed by atoms with Crippen molar-refractivity contribution < 1.29 is 32.2 Å². The number of nitrogens with zero attached hydrogens (tertiary/aromatic N) is 1. The molecule has 3 rings (SSSR count). The third-order valence-corrected chi connectivity index (χ3v) is 4.26. The minimum Gasteiger partial charge on any atom is -0.489 e. The summed E-state index contributed by atoms with van der Waals surface area (Å²) in [6.07, 6.45) is -1.46. The number of carbonyl (C=O) groups excluding carboxylic acids is 1. The topological polar surface area (TPSA) is 69.7 Å². The number of benzene rings is 1. The number of anilines is 1. The van der Waals surface area contributed by atoms with Crippen LogP contribution >= 0.6 is 11.6 Å². The number of amides is 1. The molecule has 1 aromatic carbocycles. The first kappa shape index (κ1) is 21.2. The van der Waals surface area contributed by atoms with Gasteiger partial charge in [0, 0.05) is 23.9 Å². The SMILES string of the molecule is O=C(Nc1cc(Cl)ccc1OCC1CCCO1)c1ccc(OCC(F)(F)F)nc1. The van der Waals surface area contributed by atoms with E-state index in [1.165, 1.54) is 12.1 Å². The van der Waals surface area contributed by atoms with Crippen molar-refractivity contribution in [2.75, 3.05) is 25.1 Å². The van der Waals surface area contributed by atoms with E-state index in [4.69, 9.17) is 21.1 Å². The van der Waals surface area contributed by atoms with Gasteiger partial charge in [0.25, 0.3) is 5.91 Å². The molecule has 1 N–H and O–H groups in total. The van der Waals surface area contributed by atoms with E-state index in [-0.39, 0.29) is 17.5 Å². The lowest BCUT2D eigenvalue weighted by molar-refractivity contribution is -0.154. The molecule has 29 heavy (non-hydrogen) atoms. The van der Waals surface area contributed by atoms with Gasteiger partial charge in [-0.05, 0) is 37.1 Å². The molecule has 1 saturated heterocycles. The highest BCUT2D eigenvalue weighted by Crippen LogP contribution is 2.29. The van der Waals surface area contributed by atoms with E-state index < -0.39 is 18.7 Å². The standard InChI is InChI=1S/C19H18ClF3N2O4/c20-13-4-5-16(28-10-14-2-1-7-27-14)15(8-13)25-18(26)12-3-6-17(24-9-12)29-11-19(21,22)23/h3-6,8-9,14H,1-2,7,10-11H2,(H,25,26). The summed E-state index contributed by atoms with van der Waals surface area (Å²) in [5.41, 5.74) is 0.493. The van der Waals surface area contributed by atoms with E-state index in [1.54, 1.807) is 18.2 Å². The average molecular weight is 431 g/mol. The number of alkyl halides is 3. The van der Waals surface area contributed by atoms with Crippen LogP contribution in [0, 0.1) is 0 Å². The van der Waals surface area contributed by atoms with E-state index in [0.29, 0.717) is 29.7 Å². The van der Waals surface area contributed by atoms with Gasteiger partial charge in [0.05, 0.1) is 17.4 Å². The molecule has 0 bridgehead atoms. The van der Waals surface area contributed by atoms with Crippen LogP contribution in [0.15, 0.2) is 36.5 Å². The second-order valence-electron chi connectivity index (χ2n) is 6.33. The number of pyridine rings is 1. The van der Waals surface area contributed by atoms with Gasteiger partial charge in [-0.3, -0.25) is 4.79 Å². The Labute approximate surface area is 169 Å². The molecular formula is C19H18ClF3N2O4. The van der Waals surface area contributed by atoms with Gasteiger partial charge in [-0.2, -0.15) is 13.2 Å². The average Bonchev–Trinajstić information content (AvgIpc) is 3.19. The van der Waals surface area contributed by atoms with E-state index in [9.17, 15) is 18.0 Å². The maximum atomic E-state index is 12.5. The summed E-state index contributed by atoms with van der Waals surface area (Å²) >= 11 is 6.01. The van der Waals surface area contributed by atoms with Crippen LogP contribution in [0.25, 0.3) is 0 Å². The molecule has 1 unspecified atom stereocenters. The van der Waals surface area contributed by atoms with Crippen molar-refractivity contribution in [2.24, 2.45) is 0 Å². The number of aromatic nitrogens is 1. The number of hydrogen-bond donors (Lipinski definition) is 1. The highest BCUT2D eigenvalue weighted by molar-refractivity contribution is 6.31. The summed E-state index contributed by atoms with van der Waals surface area (Å²) in [7, 11) is 0.